The Morgan fingerprint density at radius 1 is 0.650 bits per heavy atom. The third-order valence-electron chi connectivity index (χ3n) is 9.05. The van der Waals surface area contributed by atoms with Crippen LogP contribution >= 0.6 is 38.6 Å². The number of carbonyl (C=O) groups excluding carboxylic acids is 1. The number of nitrogens with one attached hydrogen (secondary N) is 2. The van der Waals surface area contributed by atoms with Gasteiger partial charge in [0, 0.05) is 85.9 Å². The Kier molecular flexibility index (Phi) is 16.3. The van der Waals surface area contributed by atoms with E-state index in [0.29, 0.717) is 41.6 Å². The number of carbonyl (C=O) groups is 1. The molecule has 0 saturated carbocycles. The quantitative estimate of drug-likeness (QED) is 0.0869. The average molecular weight is 905 g/mol. The first kappa shape index (κ1) is 45.4. The van der Waals surface area contributed by atoms with E-state index >= 15 is 0 Å². The molecule has 0 radical (unpaired) electrons. The minimum atomic E-state index is -0.0858. The molecule has 60 heavy (non-hydrogen) atoms. The molecule has 0 aliphatic heterocycles. The van der Waals surface area contributed by atoms with Crippen LogP contribution in [0.5, 0.6) is 0 Å². The lowest BCUT2D eigenvalue weighted by atomic mass is 10.1. The van der Waals surface area contributed by atoms with E-state index in [0.717, 1.165) is 49.2 Å². The van der Waals surface area contributed by atoms with Crippen molar-refractivity contribution in [1.29, 1.82) is 0 Å². The van der Waals surface area contributed by atoms with Crippen LogP contribution in [0.1, 0.15) is 36.3 Å². The van der Waals surface area contributed by atoms with Crippen LogP contribution in [0.3, 0.4) is 0 Å². The number of benzene rings is 2. The second kappa shape index (κ2) is 21.5. The molecule has 1 amide bonds. The Morgan fingerprint density at radius 2 is 1.08 bits per heavy atom. The fourth-order valence-electron chi connectivity index (χ4n) is 6.13. The summed E-state index contributed by atoms with van der Waals surface area (Å²) in [7, 11) is 3.47. The van der Waals surface area contributed by atoms with Gasteiger partial charge in [0.25, 0.3) is 5.91 Å². The maximum atomic E-state index is 12.7. The largest absolute Gasteiger partial charge is 0.367 e. The van der Waals surface area contributed by atoms with Gasteiger partial charge in [-0.05, 0) is 64.2 Å². The lowest BCUT2D eigenvalue weighted by molar-refractivity contribution is 0.0829. The molecule has 0 bridgehead atoms. The van der Waals surface area contributed by atoms with Crippen LogP contribution in [0.15, 0.2) is 125 Å². The van der Waals surface area contributed by atoms with Gasteiger partial charge in [-0.1, -0.05) is 75.5 Å². The summed E-state index contributed by atoms with van der Waals surface area (Å²) in [6.45, 7) is 1.18. The number of anilines is 2. The molecule has 0 fully saturated rings. The Hall–Kier alpha value is -5.71. The first-order chi connectivity index (χ1) is 28.2. The number of nitrogens with two attached hydrogens (primary N) is 2. The maximum Gasteiger partial charge on any atom is 0.256 e. The molecular weight excluding hydrogens is 855 g/mol. The van der Waals surface area contributed by atoms with E-state index in [1.165, 1.54) is 22.5 Å². The van der Waals surface area contributed by atoms with Crippen LogP contribution in [-0.2, 0) is 12.8 Å². The molecule has 0 saturated heterocycles. The van der Waals surface area contributed by atoms with Crippen LogP contribution in [0.4, 0.5) is 11.6 Å². The Morgan fingerprint density at radius 3 is 1.55 bits per heavy atom. The van der Waals surface area contributed by atoms with E-state index in [-0.39, 0.29) is 32.8 Å². The van der Waals surface area contributed by atoms with Crippen molar-refractivity contribution in [2.24, 2.45) is 11.5 Å². The molecule has 310 valence electrons. The molecule has 15 heteroatoms. The van der Waals surface area contributed by atoms with Crippen molar-refractivity contribution in [3.05, 3.63) is 142 Å². The molecule has 2 atom stereocenters. The molecule has 0 aliphatic carbocycles. The van der Waals surface area contributed by atoms with Gasteiger partial charge in [0.15, 0.2) is 11.6 Å². The van der Waals surface area contributed by atoms with Crippen LogP contribution in [-0.4, -0.2) is 80.0 Å². The van der Waals surface area contributed by atoms with Crippen molar-refractivity contribution in [2.45, 2.75) is 39.8 Å². The minimum absolute atomic E-state index is 0. The number of aromatic nitrogens is 6. The Bertz CT molecular complexity index is 2580. The normalized spacial score (nSPS) is 11.7. The molecule has 8 rings (SSSR count). The van der Waals surface area contributed by atoms with Gasteiger partial charge < -0.3 is 27.0 Å². The van der Waals surface area contributed by atoms with E-state index in [2.05, 4.69) is 60.8 Å². The molecule has 6 heterocycles. The SMILES string of the molecule is C.C.CN(C)C(=O)c1csc2c(NC[C@@H](N)Cc3ccccc3)nc(-c3ccncc3)nc12.N[C@H](CNc1nc(-c2ccncc2)nc2c(Br)csc12)Cc1ccccc1. The number of nitrogens with zero attached hydrogens (tertiary/aromatic N) is 7. The Balaban J connectivity index is 0.000000222. The fourth-order valence-corrected chi connectivity index (χ4v) is 8.61. The molecule has 12 nitrogen and oxygen atoms in total. The molecule has 0 aliphatic rings. The molecule has 2 aromatic carbocycles. The monoisotopic (exact) mass is 903 g/mol. The van der Waals surface area contributed by atoms with Crippen molar-refractivity contribution < 1.29 is 4.79 Å². The van der Waals surface area contributed by atoms with E-state index in [9.17, 15) is 4.79 Å². The predicted octanol–water partition coefficient (Wildman–Crippen LogP) is 9.21. The number of halogens is 1. The zero-order valence-electron chi connectivity index (χ0n) is 31.9. The van der Waals surface area contributed by atoms with Crippen molar-refractivity contribution in [3.63, 3.8) is 0 Å². The van der Waals surface area contributed by atoms with Crippen LogP contribution in [0, 0.1) is 0 Å². The van der Waals surface area contributed by atoms with E-state index in [1.54, 1.807) is 55.1 Å². The topological polar surface area (TPSA) is 174 Å². The number of rotatable bonds is 13. The molecule has 8 aromatic rings. The third kappa shape index (κ3) is 11.3. The summed E-state index contributed by atoms with van der Waals surface area (Å²) in [5.41, 5.74) is 19.0. The average Bonchev–Trinajstić information content (AvgIpc) is 3.86. The third-order valence-corrected chi connectivity index (χ3v) is 11.9. The highest BCUT2D eigenvalue weighted by molar-refractivity contribution is 9.10. The van der Waals surface area contributed by atoms with Gasteiger partial charge in [-0.2, -0.15) is 0 Å². The Labute approximate surface area is 367 Å². The number of amides is 1. The van der Waals surface area contributed by atoms with E-state index in [4.69, 9.17) is 31.4 Å². The number of pyridine rings is 2. The van der Waals surface area contributed by atoms with E-state index in [1.807, 2.05) is 71.4 Å². The zero-order chi connectivity index (χ0) is 40.4. The summed E-state index contributed by atoms with van der Waals surface area (Å²) in [4.78, 5) is 41.3. The number of fused-ring (bicyclic) bond motifs is 2. The van der Waals surface area contributed by atoms with Crippen molar-refractivity contribution in [2.75, 3.05) is 37.8 Å². The summed E-state index contributed by atoms with van der Waals surface area (Å²) in [5.74, 6) is 2.62. The summed E-state index contributed by atoms with van der Waals surface area (Å²) >= 11 is 6.66. The van der Waals surface area contributed by atoms with Crippen LogP contribution in [0.25, 0.3) is 43.2 Å². The molecule has 6 aromatic heterocycles. The van der Waals surface area contributed by atoms with Gasteiger partial charge >= 0.3 is 0 Å². The van der Waals surface area contributed by atoms with Crippen molar-refractivity contribution in [1.82, 2.24) is 34.8 Å². The number of hydrogen-bond acceptors (Lipinski definition) is 13. The molecule has 0 spiro atoms. The lowest BCUT2D eigenvalue weighted by Gasteiger charge is -2.15. The minimum Gasteiger partial charge on any atom is -0.367 e. The highest BCUT2D eigenvalue weighted by atomic mass is 79.9. The highest BCUT2D eigenvalue weighted by Gasteiger charge is 2.21. The number of thiophene rings is 2. The van der Waals surface area contributed by atoms with Gasteiger partial charge in [-0.15, -0.1) is 22.7 Å². The fraction of sp³-hybridized carbons (Fsp3) is 0.222. The lowest BCUT2D eigenvalue weighted by Crippen LogP contribution is -2.31. The smallest absolute Gasteiger partial charge is 0.256 e. The summed E-state index contributed by atoms with van der Waals surface area (Å²) in [6.07, 6.45) is 8.46. The second-order valence-corrected chi connectivity index (χ2v) is 16.3. The second-order valence-electron chi connectivity index (χ2n) is 13.7. The first-order valence-corrected chi connectivity index (χ1v) is 21.1. The van der Waals surface area contributed by atoms with Crippen LogP contribution < -0.4 is 22.1 Å². The van der Waals surface area contributed by atoms with Crippen molar-refractivity contribution >= 4 is 76.6 Å². The van der Waals surface area contributed by atoms with E-state index < -0.39 is 0 Å². The van der Waals surface area contributed by atoms with Gasteiger partial charge in [-0.25, -0.2) is 19.9 Å². The van der Waals surface area contributed by atoms with Crippen LogP contribution in [0.2, 0.25) is 0 Å². The first-order valence-electron chi connectivity index (χ1n) is 18.6. The summed E-state index contributed by atoms with van der Waals surface area (Å²) < 4.78 is 2.83. The highest BCUT2D eigenvalue weighted by Crippen LogP contribution is 2.35. The zero-order valence-corrected chi connectivity index (χ0v) is 35.1. The molecule has 6 N–H and O–H groups in total. The van der Waals surface area contributed by atoms with Gasteiger partial charge in [0.2, 0.25) is 0 Å². The summed E-state index contributed by atoms with van der Waals surface area (Å²) in [6, 6.07) is 27.9. The standard InChI is InChI=1S/C23H24N6OS.C20H18BrN5S.2CH4/c1-29(2)23(30)18-14-31-20-19(18)27-21(16-8-10-25-11-9-16)28-22(20)26-13-17(24)12-15-6-4-3-5-7-15;21-16-12-27-18-17(16)25-19(14-6-8-23-9-7-14)26-20(18)24-11-15(22)10-13-4-2-1-3-5-13;;/h3-11,14,17H,12-13,24H2,1-2H3,(H,26,27,28);1-9,12,15H,10-11,22H2,(H,24,25,26);2*1H4/t17-;15-;;/m00../s1. The molecule has 0 unspecified atom stereocenters. The molecular formula is C45H50BrN11OS2. The number of hydrogen-bond donors (Lipinski definition) is 4. The van der Waals surface area contributed by atoms with Gasteiger partial charge in [0.1, 0.15) is 22.7 Å². The van der Waals surface area contributed by atoms with Gasteiger partial charge in [0.05, 0.1) is 19.4 Å². The summed E-state index contributed by atoms with van der Waals surface area (Å²) in [5, 5.41) is 10.7. The predicted molar refractivity (Wildman–Crippen MR) is 254 cm³/mol. The van der Waals surface area contributed by atoms with Gasteiger partial charge in [-0.3, -0.25) is 14.8 Å². The van der Waals surface area contributed by atoms with Crippen molar-refractivity contribution in [3.8, 4) is 22.8 Å². The maximum absolute atomic E-state index is 12.7.